The maximum Gasteiger partial charge on any atom is 0.123 e. The van der Waals surface area contributed by atoms with E-state index in [-0.39, 0.29) is 11.9 Å². The number of benzene rings is 2. The summed E-state index contributed by atoms with van der Waals surface area (Å²) in [6, 6.07) is 12.9. The van der Waals surface area contributed by atoms with Crippen LogP contribution >= 0.6 is 11.6 Å². The Kier molecular flexibility index (Phi) is 5.77. The summed E-state index contributed by atoms with van der Waals surface area (Å²) in [6.07, 6.45) is 1.80. The van der Waals surface area contributed by atoms with Crippen LogP contribution in [0.15, 0.2) is 42.5 Å². The van der Waals surface area contributed by atoms with E-state index in [1.807, 2.05) is 24.3 Å². The van der Waals surface area contributed by atoms with Crippen LogP contribution in [-0.2, 0) is 6.42 Å². The van der Waals surface area contributed by atoms with Crippen LogP contribution in [0.2, 0.25) is 5.02 Å². The zero-order chi connectivity index (χ0) is 15.2. The third kappa shape index (κ3) is 4.55. The average molecular weight is 306 g/mol. The third-order valence-corrected chi connectivity index (χ3v) is 3.82. The molecule has 1 unspecified atom stereocenters. The van der Waals surface area contributed by atoms with Crippen molar-refractivity contribution in [2.45, 2.75) is 32.7 Å². The van der Waals surface area contributed by atoms with E-state index >= 15 is 0 Å². The van der Waals surface area contributed by atoms with Crippen molar-refractivity contribution in [2.75, 3.05) is 6.54 Å². The molecule has 2 aromatic rings. The minimum atomic E-state index is -0.190. The van der Waals surface area contributed by atoms with Crippen LogP contribution in [0, 0.1) is 12.7 Å². The van der Waals surface area contributed by atoms with E-state index in [9.17, 15) is 4.39 Å². The number of halogens is 2. The van der Waals surface area contributed by atoms with Gasteiger partial charge in [0.2, 0.25) is 0 Å². The molecular formula is C18H21ClFN. The molecule has 3 heteroatoms. The van der Waals surface area contributed by atoms with E-state index in [4.69, 9.17) is 11.6 Å². The van der Waals surface area contributed by atoms with Gasteiger partial charge < -0.3 is 5.32 Å². The summed E-state index contributed by atoms with van der Waals surface area (Å²) in [5.74, 6) is -0.190. The maximum absolute atomic E-state index is 13.4. The standard InChI is InChI=1S/C18H21ClFN/c1-3-9-21-18(11-14-5-4-6-16(20)10-14)17-12-15(19)8-7-13(17)2/h4-8,10,12,18,21H,3,9,11H2,1-2H3. The van der Waals surface area contributed by atoms with Crippen molar-refractivity contribution in [1.29, 1.82) is 0 Å². The Balaban J connectivity index is 2.27. The molecule has 0 radical (unpaired) electrons. The lowest BCUT2D eigenvalue weighted by atomic mass is 9.95. The topological polar surface area (TPSA) is 12.0 Å². The Morgan fingerprint density at radius 1 is 1.19 bits per heavy atom. The fourth-order valence-corrected chi connectivity index (χ4v) is 2.68. The van der Waals surface area contributed by atoms with Crippen molar-refractivity contribution in [3.63, 3.8) is 0 Å². The van der Waals surface area contributed by atoms with Gasteiger partial charge in [-0.05, 0) is 67.3 Å². The minimum absolute atomic E-state index is 0.144. The summed E-state index contributed by atoms with van der Waals surface area (Å²) < 4.78 is 13.4. The molecule has 0 aliphatic rings. The van der Waals surface area contributed by atoms with Crippen LogP contribution in [0.3, 0.4) is 0 Å². The molecule has 0 spiro atoms. The number of rotatable bonds is 6. The lowest BCUT2D eigenvalue weighted by Gasteiger charge is -2.21. The van der Waals surface area contributed by atoms with Crippen molar-refractivity contribution in [3.8, 4) is 0 Å². The molecule has 0 bridgehead atoms. The third-order valence-electron chi connectivity index (χ3n) is 3.59. The zero-order valence-corrected chi connectivity index (χ0v) is 13.3. The Bertz CT molecular complexity index is 598. The van der Waals surface area contributed by atoms with Gasteiger partial charge in [0.15, 0.2) is 0 Å². The SMILES string of the molecule is CCCNC(Cc1cccc(F)c1)c1cc(Cl)ccc1C. The van der Waals surface area contributed by atoms with E-state index in [0.29, 0.717) is 0 Å². The van der Waals surface area contributed by atoms with Gasteiger partial charge in [-0.2, -0.15) is 0 Å². The predicted octanol–water partition coefficient (Wildman–Crippen LogP) is 5.07. The first kappa shape index (κ1) is 16.0. The molecule has 112 valence electrons. The highest BCUT2D eigenvalue weighted by molar-refractivity contribution is 6.30. The van der Waals surface area contributed by atoms with Gasteiger partial charge in [0, 0.05) is 11.1 Å². The summed E-state index contributed by atoms with van der Waals surface area (Å²) in [4.78, 5) is 0. The molecule has 1 atom stereocenters. The van der Waals surface area contributed by atoms with Gasteiger partial charge in [-0.15, -0.1) is 0 Å². The number of nitrogens with one attached hydrogen (secondary N) is 1. The predicted molar refractivity (Wildman–Crippen MR) is 87.3 cm³/mol. The van der Waals surface area contributed by atoms with E-state index in [1.165, 1.54) is 17.2 Å². The molecule has 0 saturated carbocycles. The van der Waals surface area contributed by atoms with Crippen molar-refractivity contribution in [1.82, 2.24) is 5.32 Å². The smallest absolute Gasteiger partial charge is 0.123 e. The zero-order valence-electron chi connectivity index (χ0n) is 12.5. The molecule has 21 heavy (non-hydrogen) atoms. The summed E-state index contributed by atoms with van der Waals surface area (Å²) in [6.45, 7) is 5.14. The van der Waals surface area contributed by atoms with Crippen LogP contribution in [0.4, 0.5) is 4.39 Å². The highest BCUT2D eigenvalue weighted by Gasteiger charge is 2.14. The van der Waals surface area contributed by atoms with Gasteiger partial charge in [-0.25, -0.2) is 4.39 Å². The number of hydrogen-bond acceptors (Lipinski definition) is 1. The monoisotopic (exact) mass is 305 g/mol. The Morgan fingerprint density at radius 2 is 2.00 bits per heavy atom. The second-order valence-electron chi connectivity index (χ2n) is 5.34. The average Bonchev–Trinajstić information content (AvgIpc) is 2.46. The van der Waals surface area contributed by atoms with E-state index < -0.39 is 0 Å². The molecular weight excluding hydrogens is 285 g/mol. The normalized spacial score (nSPS) is 12.4. The van der Waals surface area contributed by atoms with Gasteiger partial charge in [0.05, 0.1) is 0 Å². The molecule has 2 aromatic carbocycles. The summed E-state index contributed by atoms with van der Waals surface area (Å²) in [5.41, 5.74) is 3.37. The molecule has 0 aliphatic carbocycles. The summed E-state index contributed by atoms with van der Waals surface area (Å²) in [5, 5.41) is 4.28. The van der Waals surface area contributed by atoms with Crippen LogP contribution in [0.1, 0.15) is 36.1 Å². The number of aryl methyl sites for hydroxylation is 1. The number of hydrogen-bond donors (Lipinski definition) is 1. The van der Waals surface area contributed by atoms with E-state index in [1.54, 1.807) is 12.1 Å². The van der Waals surface area contributed by atoms with Crippen molar-refractivity contribution in [2.24, 2.45) is 0 Å². The van der Waals surface area contributed by atoms with E-state index in [0.717, 1.165) is 30.0 Å². The Labute approximate surface area is 131 Å². The fraction of sp³-hybridized carbons (Fsp3) is 0.333. The molecule has 0 saturated heterocycles. The molecule has 0 fully saturated rings. The van der Waals surface area contributed by atoms with Crippen LogP contribution in [0.25, 0.3) is 0 Å². The molecule has 0 aromatic heterocycles. The lowest BCUT2D eigenvalue weighted by Crippen LogP contribution is -2.25. The summed E-state index contributed by atoms with van der Waals surface area (Å²) in [7, 11) is 0. The van der Waals surface area contributed by atoms with E-state index in [2.05, 4.69) is 19.2 Å². The fourth-order valence-electron chi connectivity index (χ4n) is 2.50. The van der Waals surface area contributed by atoms with Gasteiger partial charge >= 0.3 is 0 Å². The van der Waals surface area contributed by atoms with Crippen molar-refractivity contribution < 1.29 is 4.39 Å². The van der Waals surface area contributed by atoms with Crippen LogP contribution in [-0.4, -0.2) is 6.54 Å². The first-order chi connectivity index (χ1) is 10.1. The highest BCUT2D eigenvalue weighted by Crippen LogP contribution is 2.25. The van der Waals surface area contributed by atoms with Crippen molar-refractivity contribution in [3.05, 3.63) is 70.0 Å². The Morgan fingerprint density at radius 3 is 2.71 bits per heavy atom. The van der Waals surface area contributed by atoms with Gasteiger partial charge in [-0.3, -0.25) is 0 Å². The quantitative estimate of drug-likeness (QED) is 0.785. The molecule has 1 N–H and O–H groups in total. The van der Waals surface area contributed by atoms with Crippen LogP contribution in [0.5, 0.6) is 0 Å². The molecule has 0 aliphatic heterocycles. The second-order valence-corrected chi connectivity index (χ2v) is 5.78. The van der Waals surface area contributed by atoms with Crippen molar-refractivity contribution >= 4 is 11.6 Å². The Hall–Kier alpha value is -1.38. The molecule has 0 amide bonds. The van der Waals surface area contributed by atoms with Crippen LogP contribution < -0.4 is 5.32 Å². The van der Waals surface area contributed by atoms with Gasteiger partial charge in [0.1, 0.15) is 5.82 Å². The maximum atomic E-state index is 13.4. The van der Waals surface area contributed by atoms with Gasteiger partial charge in [-0.1, -0.05) is 36.7 Å². The van der Waals surface area contributed by atoms with Gasteiger partial charge in [0.25, 0.3) is 0 Å². The minimum Gasteiger partial charge on any atom is -0.310 e. The first-order valence-electron chi connectivity index (χ1n) is 7.34. The largest absolute Gasteiger partial charge is 0.310 e. The lowest BCUT2D eigenvalue weighted by molar-refractivity contribution is 0.525. The first-order valence-corrected chi connectivity index (χ1v) is 7.72. The second kappa shape index (κ2) is 7.58. The highest BCUT2D eigenvalue weighted by atomic mass is 35.5. The molecule has 0 heterocycles. The summed E-state index contributed by atoms with van der Waals surface area (Å²) >= 11 is 6.14. The molecule has 2 rings (SSSR count). The molecule has 1 nitrogen and oxygen atoms in total.